The largest absolute Gasteiger partial charge is 0.353 e. The molecule has 0 aromatic carbocycles. The highest BCUT2D eigenvalue weighted by Gasteiger charge is 2.13. The molecule has 0 spiro atoms. The molecule has 1 aliphatic rings. The Bertz CT molecular complexity index is 654. The van der Waals surface area contributed by atoms with E-state index in [0.29, 0.717) is 6.54 Å². The molecule has 0 bridgehead atoms. The van der Waals surface area contributed by atoms with E-state index in [1.807, 2.05) is 6.08 Å². The Kier molecular flexibility index (Phi) is 26.4. The normalized spacial score (nSPS) is 13.7. The summed E-state index contributed by atoms with van der Waals surface area (Å²) in [6.07, 6.45) is 40.7. The van der Waals surface area contributed by atoms with Crippen LogP contribution in [0.5, 0.6) is 0 Å². The third-order valence-corrected chi connectivity index (χ3v) is 8.13. The van der Waals surface area contributed by atoms with E-state index in [1.54, 1.807) is 6.08 Å². The fourth-order valence-electron chi connectivity index (χ4n) is 5.49. The first-order valence-electron chi connectivity index (χ1n) is 17.7. The molecule has 0 aliphatic carbocycles. The standard InChI is InChI=1S/C36H67N3O/c1-3-5-7-9-11-13-15-17-19-21-23-25-27-29-35-37-31-33-39(35)34-32-38-36(40)30-28-26-24-22-20-18-16-14-12-10-8-6-4-2/h27-30H,3-26,31-34H2,1-2H3,(H,38,40). The molecule has 0 atom stereocenters. The van der Waals surface area contributed by atoms with Gasteiger partial charge < -0.3 is 10.2 Å². The molecule has 1 heterocycles. The van der Waals surface area contributed by atoms with E-state index in [-0.39, 0.29) is 5.91 Å². The molecule has 0 fully saturated rings. The van der Waals surface area contributed by atoms with Gasteiger partial charge in [-0.25, -0.2) is 0 Å². The molecule has 0 saturated carbocycles. The summed E-state index contributed by atoms with van der Waals surface area (Å²) >= 11 is 0. The summed E-state index contributed by atoms with van der Waals surface area (Å²) in [4.78, 5) is 19.1. The first-order chi connectivity index (χ1) is 19.8. The summed E-state index contributed by atoms with van der Waals surface area (Å²) in [7, 11) is 0. The maximum Gasteiger partial charge on any atom is 0.243 e. The zero-order chi connectivity index (χ0) is 28.8. The molecule has 0 radical (unpaired) electrons. The lowest BCUT2D eigenvalue weighted by Crippen LogP contribution is -2.35. The summed E-state index contributed by atoms with van der Waals surface area (Å²) < 4.78 is 0. The number of hydrogen-bond acceptors (Lipinski definition) is 3. The second kappa shape index (κ2) is 28.9. The third-order valence-electron chi connectivity index (χ3n) is 8.13. The van der Waals surface area contributed by atoms with Crippen LogP contribution >= 0.6 is 0 Å². The van der Waals surface area contributed by atoms with Crippen LogP contribution < -0.4 is 5.32 Å². The van der Waals surface area contributed by atoms with Crippen LogP contribution in [0, 0.1) is 0 Å². The average Bonchev–Trinajstić information content (AvgIpc) is 3.41. The Balaban J connectivity index is 1.95. The van der Waals surface area contributed by atoms with Crippen molar-refractivity contribution >= 4 is 11.7 Å². The molecule has 0 unspecified atom stereocenters. The van der Waals surface area contributed by atoms with Crippen LogP contribution in [0.25, 0.3) is 0 Å². The van der Waals surface area contributed by atoms with Crippen molar-refractivity contribution in [2.75, 3.05) is 26.2 Å². The first-order valence-corrected chi connectivity index (χ1v) is 17.7. The van der Waals surface area contributed by atoms with E-state index in [9.17, 15) is 4.79 Å². The third kappa shape index (κ3) is 23.2. The highest BCUT2D eigenvalue weighted by Crippen LogP contribution is 2.13. The summed E-state index contributed by atoms with van der Waals surface area (Å²) in [5.41, 5.74) is 0. The maximum absolute atomic E-state index is 12.1. The topological polar surface area (TPSA) is 44.7 Å². The van der Waals surface area contributed by atoms with Crippen molar-refractivity contribution in [2.24, 2.45) is 4.99 Å². The van der Waals surface area contributed by atoms with Gasteiger partial charge in [0.1, 0.15) is 5.84 Å². The fraction of sp³-hybridized carbons (Fsp3) is 0.833. The van der Waals surface area contributed by atoms with Crippen LogP contribution in [0.15, 0.2) is 29.3 Å². The van der Waals surface area contributed by atoms with Gasteiger partial charge in [0.05, 0.1) is 6.54 Å². The van der Waals surface area contributed by atoms with E-state index in [2.05, 4.69) is 41.2 Å². The van der Waals surface area contributed by atoms with Crippen molar-refractivity contribution < 1.29 is 4.79 Å². The molecule has 232 valence electrons. The Morgan fingerprint density at radius 1 is 0.675 bits per heavy atom. The van der Waals surface area contributed by atoms with Crippen LogP contribution in [0.4, 0.5) is 0 Å². The number of hydrogen-bond donors (Lipinski definition) is 1. The summed E-state index contributed by atoms with van der Waals surface area (Å²) in [5.74, 6) is 1.12. The Morgan fingerprint density at radius 2 is 1.12 bits per heavy atom. The number of rotatable bonds is 29. The summed E-state index contributed by atoms with van der Waals surface area (Å²) in [5, 5.41) is 3.04. The average molecular weight is 558 g/mol. The fourth-order valence-corrected chi connectivity index (χ4v) is 5.49. The molecule has 1 N–H and O–H groups in total. The number of nitrogens with zero attached hydrogens (tertiary/aromatic N) is 2. The molecule has 0 aromatic heterocycles. The summed E-state index contributed by atoms with van der Waals surface area (Å²) in [6.45, 7) is 7.90. The summed E-state index contributed by atoms with van der Waals surface area (Å²) in [6, 6.07) is 0. The lowest BCUT2D eigenvalue weighted by molar-refractivity contribution is -0.116. The number of aliphatic imine (C=N–C) groups is 1. The molecule has 4 heteroatoms. The molecular formula is C36H67N3O. The smallest absolute Gasteiger partial charge is 0.243 e. The zero-order valence-electron chi connectivity index (χ0n) is 26.9. The number of amides is 1. The molecule has 40 heavy (non-hydrogen) atoms. The highest BCUT2D eigenvalue weighted by molar-refractivity contribution is 5.94. The Morgan fingerprint density at radius 3 is 1.62 bits per heavy atom. The van der Waals surface area contributed by atoms with Gasteiger partial charge in [-0.2, -0.15) is 0 Å². The van der Waals surface area contributed by atoms with Gasteiger partial charge in [0, 0.05) is 19.6 Å². The molecule has 1 rings (SSSR count). The van der Waals surface area contributed by atoms with Crippen LogP contribution in [-0.2, 0) is 4.79 Å². The highest BCUT2D eigenvalue weighted by atomic mass is 16.1. The van der Waals surface area contributed by atoms with Crippen LogP contribution in [0.2, 0.25) is 0 Å². The van der Waals surface area contributed by atoms with Gasteiger partial charge in [0.2, 0.25) is 5.91 Å². The van der Waals surface area contributed by atoms with Crippen molar-refractivity contribution in [3.63, 3.8) is 0 Å². The van der Waals surface area contributed by atoms with E-state index < -0.39 is 0 Å². The minimum atomic E-state index is 0.0350. The zero-order valence-corrected chi connectivity index (χ0v) is 26.9. The predicted molar refractivity (Wildman–Crippen MR) is 177 cm³/mol. The molecular weight excluding hydrogens is 490 g/mol. The Labute approximate surface area is 249 Å². The Hall–Kier alpha value is -1.58. The number of unbranched alkanes of at least 4 members (excludes halogenated alkanes) is 22. The SMILES string of the molecule is CCCCCCCCCCCCCC=CC(=O)NCCN1CCN=C1C=CCCCCCCCCCCCCC. The lowest BCUT2D eigenvalue weighted by atomic mass is 10.1. The van der Waals surface area contributed by atoms with Crippen molar-refractivity contribution in [2.45, 2.75) is 168 Å². The number of carbonyl (C=O) groups is 1. The molecule has 4 nitrogen and oxygen atoms in total. The van der Waals surface area contributed by atoms with Crippen LogP contribution in [-0.4, -0.2) is 42.8 Å². The number of carbonyl (C=O) groups excluding carboxylic acids is 1. The van der Waals surface area contributed by atoms with Gasteiger partial charge in [-0.05, 0) is 37.8 Å². The predicted octanol–water partition coefficient (Wildman–Crippen LogP) is 10.3. The first kappa shape index (κ1) is 36.4. The van der Waals surface area contributed by atoms with Gasteiger partial charge in [-0.3, -0.25) is 9.79 Å². The van der Waals surface area contributed by atoms with Gasteiger partial charge in [-0.1, -0.05) is 154 Å². The van der Waals surface area contributed by atoms with E-state index in [0.717, 1.165) is 38.3 Å². The minimum Gasteiger partial charge on any atom is -0.353 e. The van der Waals surface area contributed by atoms with Gasteiger partial charge in [0.15, 0.2) is 0 Å². The second-order valence-electron chi connectivity index (χ2n) is 12.0. The number of amidine groups is 1. The van der Waals surface area contributed by atoms with Crippen LogP contribution in [0.1, 0.15) is 168 Å². The van der Waals surface area contributed by atoms with Crippen molar-refractivity contribution in [3.8, 4) is 0 Å². The number of nitrogens with one attached hydrogen (secondary N) is 1. The second-order valence-corrected chi connectivity index (χ2v) is 12.0. The molecule has 1 amide bonds. The maximum atomic E-state index is 12.1. The monoisotopic (exact) mass is 558 g/mol. The van der Waals surface area contributed by atoms with Crippen LogP contribution in [0.3, 0.4) is 0 Å². The molecule has 0 saturated heterocycles. The van der Waals surface area contributed by atoms with E-state index in [1.165, 1.54) is 141 Å². The lowest BCUT2D eigenvalue weighted by Gasteiger charge is -2.18. The quantitative estimate of drug-likeness (QED) is 0.0734. The van der Waals surface area contributed by atoms with Gasteiger partial charge in [-0.15, -0.1) is 0 Å². The molecule has 1 aliphatic heterocycles. The van der Waals surface area contributed by atoms with Crippen molar-refractivity contribution in [1.82, 2.24) is 10.2 Å². The van der Waals surface area contributed by atoms with Crippen molar-refractivity contribution in [3.05, 3.63) is 24.3 Å². The number of allylic oxidation sites excluding steroid dienone is 2. The van der Waals surface area contributed by atoms with Crippen molar-refractivity contribution in [1.29, 1.82) is 0 Å². The molecule has 0 aromatic rings. The van der Waals surface area contributed by atoms with Gasteiger partial charge in [0.25, 0.3) is 0 Å². The van der Waals surface area contributed by atoms with Gasteiger partial charge >= 0.3 is 0 Å². The van der Waals surface area contributed by atoms with E-state index >= 15 is 0 Å². The minimum absolute atomic E-state index is 0.0350. The van der Waals surface area contributed by atoms with E-state index in [4.69, 9.17) is 0 Å².